The SMILES string of the molecule is Cc1ccc(Oc2ccc(C)cc2)cc1.Cc1ccc(Oc2ccc(Oc3ccc(C)cc3)cc2)cc1.Cc1cccc(Oc2ccc(Oc3cccc(C)c3)cc2)c1. The molecule has 0 fully saturated rings. The van der Waals surface area contributed by atoms with Crippen LogP contribution in [-0.4, -0.2) is 0 Å². The molecule has 0 saturated carbocycles. The second-order valence-electron chi connectivity index (χ2n) is 14.3. The molecule has 59 heavy (non-hydrogen) atoms. The second kappa shape index (κ2) is 20.8. The number of benzene rings is 8. The molecule has 0 unspecified atom stereocenters. The van der Waals surface area contributed by atoms with Crippen LogP contribution in [0.3, 0.4) is 0 Å². The standard InChI is InChI=1S/2C20H18O2.C14H14O/c1-15-3-7-17(8-4-15)21-19-11-13-20(14-12-19)22-18-9-5-16(2)6-10-18;1-15-5-3-7-19(13-15)21-17-9-11-18(12-10-17)22-20-8-4-6-16(2)14-20;1-11-3-7-13(8-4-11)15-14-9-5-12(2)6-10-14/h2*3-14H,1-2H3;3-10H,1-2H3. The molecule has 0 amide bonds. The van der Waals surface area contributed by atoms with Crippen LogP contribution in [0.4, 0.5) is 0 Å². The minimum atomic E-state index is 0.792. The maximum Gasteiger partial charge on any atom is 0.127 e. The number of hydrogen-bond acceptors (Lipinski definition) is 5. The minimum absolute atomic E-state index is 0.792. The molecule has 0 N–H and O–H groups in total. The van der Waals surface area contributed by atoms with Gasteiger partial charge in [-0.15, -0.1) is 0 Å². The Kier molecular flexibility index (Phi) is 14.6. The van der Waals surface area contributed by atoms with Gasteiger partial charge in [-0.05, 0) is 174 Å². The summed E-state index contributed by atoms with van der Waals surface area (Å²) >= 11 is 0. The van der Waals surface area contributed by atoms with Gasteiger partial charge in [0.15, 0.2) is 0 Å². The molecule has 0 spiro atoms. The molecule has 0 aromatic heterocycles. The van der Waals surface area contributed by atoms with Gasteiger partial charge in [0.25, 0.3) is 0 Å². The lowest BCUT2D eigenvalue weighted by molar-refractivity contribution is 0.469. The average Bonchev–Trinajstić information content (AvgIpc) is 3.23. The Hall–Kier alpha value is -7.24. The van der Waals surface area contributed by atoms with Crippen molar-refractivity contribution in [2.75, 3.05) is 0 Å². The highest BCUT2D eigenvalue weighted by Crippen LogP contribution is 2.29. The Morgan fingerprint density at radius 2 is 0.373 bits per heavy atom. The fraction of sp³-hybridized carbons (Fsp3) is 0.111. The van der Waals surface area contributed by atoms with Crippen molar-refractivity contribution in [2.45, 2.75) is 41.5 Å². The van der Waals surface area contributed by atoms with Gasteiger partial charge < -0.3 is 23.7 Å². The second-order valence-corrected chi connectivity index (χ2v) is 14.3. The van der Waals surface area contributed by atoms with Crippen LogP contribution in [0.1, 0.15) is 33.4 Å². The maximum atomic E-state index is 5.83. The van der Waals surface area contributed by atoms with Gasteiger partial charge in [0.2, 0.25) is 0 Å². The van der Waals surface area contributed by atoms with E-state index in [9.17, 15) is 0 Å². The predicted molar refractivity (Wildman–Crippen MR) is 240 cm³/mol. The van der Waals surface area contributed by atoms with E-state index in [1.165, 1.54) is 33.4 Å². The first-order valence-electron chi connectivity index (χ1n) is 19.6. The Balaban J connectivity index is 0.000000152. The summed E-state index contributed by atoms with van der Waals surface area (Å²) in [6.07, 6.45) is 0. The highest BCUT2D eigenvalue weighted by Gasteiger charge is 2.03. The molecule has 0 saturated heterocycles. The van der Waals surface area contributed by atoms with Crippen molar-refractivity contribution in [1.82, 2.24) is 0 Å². The third-order valence-electron chi connectivity index (χ3n) is 8.89. The molecule has 8 rings (SSSR count). The number of hydrogen-bond donors (Lipinski definition) is 0. The average molecular weight is 779 g/mol. The van der Waals surface area contributed by atoms with Gasteiger partial charge in [-0.3, -0.25) is 0 Å². The van der Waals surface area contributed by atoms with Gasteiger partial charge in [0, 0.05) is 0 Å². The Morgan fingerprint density at radius 1 is 0.186 bits per heavy atom. The van der Waals surface area contributed by atoms with Crippen LogP contribution in [0.5, 0.6) is 57.5 Å². The third kappa shape index (κ3) is 14.0. The van der Waals surface area contributed by atoms with E-state index in [0.29, 0.717) is 0 Å². The number of aryl methyl sites for hydroxylation is 6. The fourth-order valence-electron chi connectivity index (χ4n) is 5.61. The van der Waals surface area contributed by atoms with Gasteiger partial charge in [-0.25, -0.2) is 0 Å². The van der Waals surface area contributed by atoms with Crippen molar-refractivity contribution < 1.29 is 23.7 Å². The molecular formula is C54H50O5. The van der Waals surface area contributed by atoms with Crippen LogP contribution in [0, 0.1) is 41.5 Å². The zero-order chi connectivity index (χ0) is 41.4. The molecule has 0 aliphatic rings. The zero-order valence-electron chi connectivity index (χ0n) is 34.5. The van der Waals surface area contributed by atoms with Gasteiger partial charge in [0.05, 0.1) is 0 Å². The van der Waals surface area contributed by atoms with Crippen molar-refractivity contribution in [1.29, 1.82) is 0 Å². The molecule has 296 valence electrons. The maximum absolute atomic E-state index is 5.83. The van der Waals surface area contributed by atoms with Crippen LogP contribution >= 0.6 is 0 Å². The zero-order valence-corrected chi connectivity index (χ0v) is 34.5. The summed E-state index contributed by atoms with van der Waals surface area (Å²) in [4.78, 5) is 0. The number of rotatable bonds is 10. The lowest BCUT2D eigenvalue weighted by atomic mass is 10.2. The van der Waals surface area contributed by atoms with Crippen LogP contribution in [0.15, 0.2) is 194 Å². The van der Waals surface area contributed by atoms with Gasteiger partial charge in [-0.2, -0.15) is 0 Å². The van der Waals surface area contributed by atoms with E-state index in [1.54, 1.807) is 0 Å². The highest BCUT2D eigenvalue weighted by atomic mass is 16.5. The number of ether oxygens (including phenoxy) is 5. The van der Waals surface area contributed by atoms with Crippen molar-refractivity contribution >= 4 is 0 Å². The summed E-state index contributed by atoms with van der Waals surface area (Å²) in [5.41, 5.74) is 7.27. The Morgan fingerprint density at radius 3 is 0.576 bits per heavy atom. The van der Waals surface area contributed by atoms with E-state index in [4.69, 9.17) is 23.7 Å². The summed E-state index contributed by atoms with van der Waals surface area (Å²) in [6, 6.07) is 63.3. The highest BCUT2D eigenvalue weighted by molar-refractivity contribution is 5.41. The molecule has 5 nitrogen and oxygen atoms in total. The smallest absolute Gasteiger partial charge is 0.127 e. The van der Waals surface area contributed by atoms with Crippen molar-refractivity contribution in [3.05, 3.63) is 228 Å². The molecule has 0 heterocycles. The molecule has 8 aromatic carbocycles. The summed E-state index contributed by atoms with van der Waals surface area (Å²) in [5, 5.41) is 0. The molecule has 0 aliphatic heterocycles. The van der Waals surface area contributed by atoms with E-state index in [2.05, 4.69) is 27.7 Å². The van der Waals surface area contributed by atoms with E-state index in [0.717, 1.165) is 57.5 Å². The van der Waals surface area contributed by atoms with Crippen molar-refractivity contribution in [3.8, 4) is 57.5 Å². The van der Waals surface area contributed by atoms with Crippen LogP contribution in [0.2, 0.25) is 0 Å². The molecule has 0 aliphatic carbocycles. The Labute approximate surface area is 349 Å². The third-order valence-corrected chi connectivity index (χ3v) is 8.89. The summed E-state index contributed by atoms with van der Waals surface area (Å²) < 4.78 is 28.9. The lowest BCUT2D eigenvalue weighted by Crippen LogP contribution is -1.87. The predicted octanol–water partition coefficient (Wildman–Crippen LogP) is 15.9. The first-order valence-corrected chi connectivity index (χ1v) is 19.6. The minimum Gasteiger partial charge on any atom is -0.457 e. The van der Waals surface area contributed by atoms with E-state index >= 15 is 0 Å². The quantitative estimate of drug-likeness (QED) is 0.138. The topological polar surface area (TPSA) is 46.2 Å². The van der Waals surface area contributed by atoms with E-state index < -0.39 is 0 Å². The monoisotopic (exact) mass is 778 g/mol. The molecule has 8 aromatic rings. The van der Waals surface area contributed by atoms with Gasteiger partial charge in [-0.1, -0.05) is 95.1 Å². The van der Waals surface area contributed by atoms with Gasteiger partial charge in [0.1, 0.15) is 57.5 Å². The van der Waals surface area contributed by atoms with Crippen molar-refractivity contribution in [3.63, 3.8) is 0 Å². The normalized spacial score (nSPS) is 10.2. The first kappa shape index (κ1) is 41.4. The van der Waals surface area contributed by atoms with E-state index in [1.807, 2.05) is 208 Å². The molecule has 0 atom stereocenters. The summed E-state index contributed by atoms with van der Waals surface area (Å²) in [5.74, 6) is 8.27. The lowest BCUT2D eigenvalue weighted by Gasteiger charge is -2.09. The van der Waals surface area contributed by atoms with E-state index in [-0.39, 0.29) is 0 Å². The largest absolute Gasteiger partial charge is 0.457 e. The summed E-state index contributed by atoms with van der Waals surface area (Å²) in [6.45, 7) is 12.3. The first-order chi connectivity index (χ1) is 28.6. The molecule has 0 radical (unpaired) electrons. The summed E-state index contributed by atoms with van der Waals surface area (Å²) in [7, 11) is 0. The van der Waals surface area contributed by atoms with Gasteiger partial charge >= 0.3 is 0 Å². The fourth-order valence-corrected chi connectivity index (χ4v) is 5.61. The Bertz CT molecular complexity index is 2290. The van der Waals surface area contributed by atoms with Crippen molar-refractivity contribution in [2.24, 2.45) is 0 Å². The molecule has 0 bridgehead atoms. The van der Waals surface area contributed by atoms with Crippen LogP contribution < -0.4 is 23.7 Å². The molecule has 5 heteroatoms. The van der Waals surface area contributed by atoms with Crippen LogP contribution in [0.25, 0.3) is 0 Å². The van der Waals surface area contributed by atoms with Crippen LogP contribution in [-0.2, 0) is 0 Å². The molecular weight excluding hydrogens is 729 g/mol.